The summed E-state index contributed by atoms with van der Waals surface area (Å²) in [6.07, 6.45) is 0. The van der Waals surface area contributed by atoms with Gasteiger partial charge in [-0.2, -0.15) is 10.2 Å². The number of nitrogens with zero attached hydrogens (tertiary/aromatic N) is 4. The third-order valence-corrected chi connectivity index (χ3v) is 14.4. The summed E-state index contributed by atoms with van der Waals surface area (Å²) in [5.41, 5.74) is -3.14. The molecule has 1 amide bonds. The van der Waals surface area contributed by atoms with Gasteiger partial charge in [-0.1, -0.05) is 0 Å². The summed E-state index contributed by atoms with van der Waals surface area (Å²) >= 11 is 0. The van der Waals surface area contributed by atoms with Gasteiger partial charge in [-0.3, -0.25) is 18.0 Å². The van der Waals surface area contributed by atoms with Crippen molar-refractivity contribution in [3.8, 4) is 17.2 Å². The summed E-state index contributed by atoms with van der Waals surface area (Å²) in [5, 5.41) is 25.9. The van der Waals surface area contributed by atoms with Crippen LogP contribution in [0.4, 0.5) is 22.7 Å². The normalized spacial score (nSPS) is 12.8. The van der Waals surface area contributed by atoms with E-state index >= 15 is 0 Å². The molecule has 0 spiro atoms. The number of Topliss-reactive ketones (excluding diaryl/α,β-unsaturated/α-hetero) is 1. The van der Waals surface area contributed by atoms with Crippen molar-refractivity contribution in [2.45, 2.75) is 32.5 Å². The van der Waals surface area contributed by atoms with Crippen molar-refractivity contribution in [1.29, 1.82) is 0 Å². The van der Waals surface area contributed by atoms with Crippen LogP contribution in [0.2, 0.25) is 0 Å². The van der Waals surface area contributed by atoms with Crippen molar-refractivity contribution in [2.75, 3.05) is 44.3 Å². The molecule has 360 valence electrons. The van der Waals surface area contributed by atoms with Gasteiger partial charge < -0.3 is 38.1 Å². The number of aromatic hydroxyl groups is 1. The van der Waals surface area contributed by atoms with Crippen LogP contribution in [0, 0.1) is 0 Å². The Morgan fingerprint density at radius 3 is 1.49 bits per heavy atom. The van der Waals surface area contributed by atoms with Crippen LogP contribution in [0.15, 0.2) is 94.6 Å². The van der Waals surface area contributed by atoms with Gasteiger partial charge in [0.1, 0.15) is 48.8 Å². The Morgan fingerprint density at radius 1 is 0.629 bits per heavy atom. The summed E-state index contributed by atoms with van der Waals surface area (Å²) in [5.74, 6) is -6.44. The molecule has 70 heavy (non-hydrogen) atoms. The van der Waals surface area contributed by atoms with Gasteiger partial charge in [-0.25, -0.2) is 50.5 Å². The van der Waals surface area contributed by atoms with Gasteiger partial charge in [0.05, 0.1) is 64.2 Å². The molecular formula is C32H29N5Na4O23S6. The number of fused-ring (bicyclic) bond motifs is 1. The first-order valence-electron chi connectivity index (χ1n) is 17.2. The first-order chi connectivity index (χ1) is 30.3. The van der Waals surface area contributed by atoms with E-state index in [1.807, 2.05) is 5.32 Å². The average Bonchev–Trinajstić information content (AvgIpc) is 3.18. The van der Waals surface area contributed by atoms with Crippen LogP contribution in [-0.4, -0.2) is 130 Å². The van der Waals surface area contributed by atoms with E-state index in [-0.39, 0.29) is 136 Å². The fourth-order valence-corrected chi connectivity index (χ4v) is 9.86. The molecule has 4 aromatic carbocycles. The molecule has 0 bridgehead atoms. The van der Waals surface area contributed by atoms with Crippen LogP contribution < -0.4 is 133 Å². The molecule has 0 aliphatic rings. The predicted molar refractivity (Wildman–Crippen MR) is 215 cm³/mol. The van der Waals surface area contributed by atoms with Crippen molar-refractivity contribution >= 4 is 106 Å². The Kier molecular flexibility index (Phi) is 26.6. The molecular weight excluding hydrogens is 1110 g/mol. The van der Waals surface area contributed by atoms with Crippen LogP contribution in [0.25, 0.3) is 10.8 Å². The SMILES string of the molecule is COc1ccc(S(=O)(=O)CCOS(=O)(=O)[O-])cc1N=Nc1c(S(=O)(=O)[O-])cc2c(S(=O)(=O)[O-])c(NC(=O)C(N=Nc3cc(S(=O)(=O)CCOS(=O)(=O)[O-])ccc3OC)C(C)=O)ccc2c1O.[Na+].[Na+].[Na+].[Na+]. The first kappa shape index (κ1) is 68.3. The zero-order valence-corrected chi connectivity index (χ0v) is 50.2. The van der Waals surface area contributed by atoms with Gasteiger partial charge >= 0.3 is 118 Å². The van der Waals surface area contributed by atoms with Crippen molar-refractivity contribution in [2.24, 2.45) is 20.5 Å². The largest absolute Gasteiger partial charge is 1.00 e. The monoisotopic (exact) mass is 1130 g/mol. The fraction of sp³-hybridized carbons (Fsp3) is 0.250. The number of amides is 1. The van der Waals surface area contributed by atoms with Crippen molar-refractivity contribution in [1.82, 2.24) is 0 Å². The third kappa shape index (κ3) is 18.6. The maximum absolute atomic E-state index is 13.5. The smallest absolute Gasteiger partial charge is 0.744 e. The van der Waals surface area contributed by atoms with Crippen LogP contribution in [0.5, 0.6) is 17.2 Å². The molecule has 0 heterocycles. The van der Waals surface area contributed by atoms with E-state index in [1.165, 1.54) is 0 Å². The number of carbonyl (C=O) groups is 2. The number of sulfone groups is 2. The number of azo groups is 2. The molecule has 0 fully saturated rings. The van der Waals surface area contributed by atoms with E-state index in [0.717, 1.165) is 63.6 Å². The summed E-state index contributed by atoms with van der Waals surface area (Å²) in [4.78, 5) is 21.9. The van der Waals surface area contributed by atoms with Crippen LogP contribution in [0.3, 0.4) is 0 Å². The molecule has 1 atom stereocenters. The molecule has 4 aromatic rings. The van der Waals surface area contributed by atoms with E-state index in [4.69, 9.17) is 9.47 Å². The summed E-state index contributed by atoms with van der Waals surface area (Å²) < 4.78 is 209. The quantitative estimate of drug-likeness (QED) is 0.0257. The van der Waals surface area contributed by atoms with Gasteiger partial charge in [0.2, 0.25) is 26.8 Å². The minimum absolute atomic E-state index is 0. The second-order valence-corrected chi connectivity index (χ2v) is 21.7. The van der Waals surface area contributed by atoms with Crippen molar-refractivity contribution in [3.63, 3.8) is 0 Å². The zero-order chi connectivity index (χ0) is 49.8. The minimum Gasteiger partial charge on any atom is -0.744 e. The zero-order valence-electron chi connectivity index (χ0n) is 37.3. The topological polar surface area (TPSA) is 450 Å². The molecule has 0 aliphatic carbocycles. The number of rotatable bonds is 21. The number of anilines is 1. The molecule has 0 aromatic heterocycles. The number of hydrogen-bond donors (Lipinski definition) is 2. The van der Waals surface area contributed by atoms with E-state index in [1.54, 1.807) is 0 Å². The molecule has 28 nitrogen and oxygen atoms in total. The van der Waals surface area contributed by atoms with E-state index in [2.05, 4.69) is 28.8 Å². The summed E-state index contributed by atoms with van der Waals surface area (Å²) in [6.45, 7) is -1.35. The van der Waals surface area contributed by atoms with Crippen molar-refractivity contribution < 1.29 is 219 Å². The minimum atomic E-state index is -5.87. The number of carbonyl (C=O) groups excluding carboxylic acids is 2. The van der Waals surface area contributed by atoms with Crippen molar-refractivity contribution in [3.05, 3.63) is 54.6 Å². The number of phenolic OH excluding ortho intramolecular Hbond substituents is 1. The molecule has 2 N–H and O–H groups in total. The van der Waals surface area contributed by atoms with E-state index in [9.17, 15) is 83.4 Å². The average molecular weight is 1140 g/mol. The van der Waals surface area contributed by atoms with Crippen LogP contribution >= 0.6 is 0 Å². The molecule has 38 heteroatoms. The number of ketones is 1. The second kappa shape index (κ2) is 27.2. The number of ether oxygens (including phenoxy) is 2. The van der Waals surface area contributed by atoms with Gasteiger partial charge in [0.15, 0.2) is 31.2 Å². The fourth-order valence-electron chi connectivity index (χ4n) is 5.40. The predicted octanol–water partition coefficient (Wildman–Crippen LogP) is -11.0. The maximum Gasteiger partial charge on any atom is 1.00 e. The van der Waals surface area contributed by atoms with Crippen LogP contribution in [0.1, 0.15) is 6.92 Å². The molecule has 1 unspecified atom stereocenters. The van der Waals surface area contributed by atoms with Gasteiger partial charge in [0, 0.05) is 10.8 Å². The Bertz CT molecular complexity index is 3380. The van der Waals surface area contributed by atoms with Gasteiger partial charge in [-0.15, -0.1) is 10.2 Å². The van der Waals surface area contributed by atoms with Gasteiger partial charge in [0.25, 0.3) is 5.91 Å². The Labute approximate surface area is 488 Å². The second-order valence-electron chi connectivity index (χ2n) is 12.7. The third-order valence-electron chi connectivity index (χ3n) is 8.31. The molecule has 4 rings (SSSR count). The standard InChI is InChI=1S/C32H33N5O23S6.4Na/c1-17(38)28(36-34-23-14-18(4-8-25(23)57-2)61(41,42)12-10-59-65(51,52)53)32(40)33-22-7-6-20-21(31(22)64(48,49)50)16-27(63(45,46)47)29(30(20)39)37-35-24-15-19(5-9-26(24)58-3)62(43,44)13-11-60-66(54,55)56;;;;/h4-9,14-16,28,39H,10-13H2,1-3H3,(H,33,40)(H,45,46,47)(H,48,49,50)(H,51,52,53)(H,54,55,56);;;;/q;4*+1/p-4. The molecule has 0 saturated heterocycles. The summed E-state index contributed by atoms with van der Waals surface area (Å²) in [7, 11) is -28.8. The van der Waals surface area contributed by atoms with Crippen LogP contribution in [-0.2, 0) is 78.7 Å². The number of benzene rings is 4. The van der Waals surface area contributed by atoms with Gasteiger partial charge in [-0.05, 0) is 61.5 Å². The number of phenols is 1. The first-order valence-corrected chi connectivity index (χ1v) is 26.0. The maximum atomic E-state index is 13.5. The number of nitrogens with one attached hydrogen (secondary N) is 1. The molecule has 0 aliphatic heterocycles. The summed E-state index contributed by atoms with van der Waals surface area (Å²) in [6, 6.07) is 5.11. The Hall–Kier alpha value is -1.66. The number of methoxy groups -OCH3 is 2. The Balaban J connectivity index is 0.0000119. The molecule has 0 radical (unpaired) electrons. The Morgan fingerprint density at radius 2 is 1.09 bits per heavy atom. The van der Waals surface area contributed by atoms with E-state index in [0.29, 0.717) is 6.07 Å². The molecule has 0 saturated carbocycles. The number of hydrogen-bond acceptors (Lipinski definition) is 27. The van der Waals surface area contributed by atoms with E-state index < -0.39 is 162 Å².